The van der Waals surface area contributed by atoms with E-state index in [-0.39, 0.29) is 12.0 Å². The van der Waals surface area contributed by atoms with Crippen molar-refractivity contribution in [3.05, 3.63) is 48.3 Å². The van der Waals surface area contributed by atoms with Gasteiger partial charge in [-0.2, -0.15) is 0 Å². The molecule has 1 amide bonds. The molecule has 0 saturated heterocycles. The molecule has 3 rings (SSSR count). The smallest absolute Gasteiger partial charge is 0.260 e. The number of anilines is 1. The van der Waals surface area contributed by atoms with Gasteiger partial charge in [-0.3, -0.25) is 4.79 Å². The maximum absolute atomic E-state index is 12.6. The minimum absolute atomic E-state index is 0.00237. The Balaban J connectivity index is 1.99. The summed E-state index contributed by atoms with van der Waals surface area (Å²) < 4.78 is 7.63. The summed E-state index contributed by atoms with van der Waals surface area (Å²) in [7, 11) is 1.91. The Morgan fingerprint density at radius 1 is 1.32 bits per heavy atom. The zero-order valence-corrected chi connectivity index (χ0v) is 11.0. The van der Waals surface area contributed by atoms with Gasteiger partial charge in [-0.1, -0.05) is 12.1 Å². The first-order valence-electron chi connectivity index (χ1n) is 6.34. The minimum atomic E-state index is 0.00237. The van der Waals surface area contributed by atoms with Crippen LogP contribution in [0, 0.1) is 0 Å². The molecule has 2 heterocycles. The topological polar surface area (TPSA) is 34.5 Å². The van der Waals surface area contributed by atoms with Gasteiger partial charge in [0.15, 0.2) is 0 Å². The van der Waals surface area contributed by atoms with Gasteiger partial charge in [0, 0.05) is 19.4 Å². The fourth-order valence-corrected chi connectivity index (χ4v) is 2.37. The molecule has 1 aromatic heterocycles. The highest BCUT2D eigenvalue weighted by Gasteiger charge is 2.28. The molecule has 0 radical (unpaired) electrons. The van der Waals surface area contributed by atoms with Crippen LogP contribution < -0.4 is 9.64 Å². The summed E-state index contributed by atoms with van der Waals surface area (Å²) in [4.78, 5) is 14.4. The molecule has 1 aliphatic heterocycles. The van der Waals surface area contributed by atoms with Crippen molar-refractivity contribution in [2.24, 2.45) is 7.05 Å². The first kappa shape index (κ1) is 11.8. The number of aromatic nitrogens is 1. The van der Waals surface area contributed by atoms with Crippen LogP contribution in [0.5, 0.6) is 5.75 Å². The molecule has 98 valence electrons. The SMILES string of the molecule is CC1CN(C(=O)c2ccn(C)c2)c2ccccc2O1. The number of rotatable bonds is 1. The van der Waals surface area contributed by atoms with Crippen molar-refractivity contribution in [1.82, 2.24) is 4.57 Å². The summed E-state index contributed by atoms with van der Waals surface area (Å²) in [6.45, 7) is 2.55. The molecule has 0 spiro atoms. The van der Waals surface area contributed by atoms with Crippen LogP contribution in [0.25, 0.3) is 0 Å². The molecule has 0 aliphatic carbocycles. The Morgan fingerprint density at radius 2 is 2.11 bits per heavy atom. The van der Waals surface area contributed by atoms with E-state index in [1.54, 1.807) is 4.90 Å². The average Bonchev–Trinajstić information content (AvgIpc) is 2.83. The maximum atomic E-state index is 12.6. The van der Waals surface area contributed by atoms with Crippen molar-refractivity contribution < 1.29 is 9.53 Å². The molecule has 4 heteroatoms. The van der Waals surface area contributed by atoms with Crippen LogP contribution in [0.1, 0.15) is 17.3 Å². The van der Waals surface area contributed by atoms with Gasteiger partial charge in [-0.15, -0.1) is 0 Å². The Morgan fingerprint density at radius 3 is 2.84 bits per heavy atom. The molecular weight excluding hydrogens is 240 g/mol. The van der Waals surface area contributed by atoms with Crippen LogP contribution in [0.15, 0.2) is 42.7 Å². The van der Waals surface area contributed by atoms with E-state index in [1.807, 2.05) is 61.3 Å². The van der Waals surface area contributed by atoms with Crippen molar-refractivity contribution in [3.63, 3.8) is 0 Å². The standard InChI is InChI=1S/C15H16N2O2/c1-11-9-17(13-5-3-4-6-14(13)19-11)15(18)12-7-8-16(2)10-12/h3-8,10-11H,9H2,1-2H3. The van der Waals surface area contributed by atoms with Crippen molar-refractivity contribution in [1.29, 1.82) is 0 Å². The van der Waals surface area contributed by atoms with Gasteiger partial charge in [0.1, 0.15) is 11.9 Å². The van der Waals surface area contributed by atoms with Gasteiger partial charge in [0.2, 0.25) is 0 Å². The van der Waals surface area contributed by atoms with Crippen LogP contribution in [-0.4, -0.2) is 23.1 Å². The molecule has 1 aliphatic rings. The third-order valence-electron chi connectivity index (χ3n) is 3.25. The number of hydrogen-bond donors (Lipinski definition) is 0. The van der Waals surface area contributed by atoms with E-state index in [1.165, 1.54) is 0 Å². The van der Waals surface area contributed by atoms with Crippen LogP contribution in [-0.2, 0) is 7.05 Å². The number of para-hydroxylation sites is 2. The van der Waals surface area contributed by atoms with Gasteiger partial charge in [-0.25, -0.2) is 0 Å². The largest absolute Gasteiger partial charge is 0.487 e. The fourth-order valence-electron chi connectivity index (χ4n) is 2.37. The van der Waals surface area contributed by atoms with Crippen LogP contribution in [0.2, 0.25) is 0 Å². The average molecular weight is 256 g/mol. The molecule has 0 bridgehead atoms. The second-order valence-electron chi connectivity index (χ2n) is 4.88. The minimum Gasteiger partial charge on any atom is -0.487 e. The zero-order chi connectivity index (χ0) is 13.4. The quantitative estimate of drug-likeness (QED) is 0.785. The number of nitrogens with zero attached hydrogens (tertiary/aromatic N) is 2. The highest BCUT2D eigenvalue weighted by molar-refractivity contribution is 6.07. The maximum Gasteiger partial charge on any atom is 0.260 e. The summed E-state index contributed by atoms with van der Waals surface area (Å²) >= 11 is 0. The molecule has 1 atom stereocenters. The summed E-state index contributed by atoms with van der Waals surface area (Å²) in [5.74, 6) is 0.786. The summed E-state index contributed by atoms with van der Waals surface area (Å²) in [5, 5.41) is 0. The Labute approximate surface area is 112 Å². The van der Waals surface area contributed by atoms with Gasteiger partial charge < -0.3 is 14.2 Å². The molecule has 0 N–H and O–H groups in total. The van der Waals surface area contributed by atoms with E-state index < -0.39 is 0 Å². The molecule has 0 saturated carbocycles. The monoisotopic (exact) mass is 256 g/mol. The lowest BCUT2D eigenvalue weighted by atomic mass is 10.1. The van der Waals surface area contributed by atoms with Crippen LogP contribution >= 0.6 is 0 Å². The Bertz CT molecular complexity index is 618. The predicted molar refractivity (Wildman–Crippen MR) is 73.6 cm³/mol. The number of amides is 1. The number of fused-ring (bicyclic) bond motifs is 1. The van der Waals surface area contributed by atoms with E-state index >= 15 is 0 Å². The number of aryl methyl sites for hydroxylation is 1. The van der Waals surface area contributed by atoms with Gasteiger partial charge in [0.05, 0.1) is 17.8 Å². The molecule has 19 heavy (non-hydrogen) atoms. The van der Waals surface area contributed by atoms with Gasteiger partial charge in [0.25, 0.3) is 5.91 Å². The zero-order valence-electron chi connectivity index (χ0n) is 11.0. The van der Waals surface area contributed by atoms with Crippen molar-refractivity contribution in [2.75, 3.05) is 11.4 Å². The van der Waals surface area contributed by atoms with Crippen molar-refractivity contribution in [3.8, 4) is 5.75 Å². The summed E-state index contributed by atoms with van der Waals surface area (Å²) in [6.07, 6.45) is 3.72. The molecule has 4 nitrogen and oxygen atoms in total. The predicted octanol–water partition coefficient (Wildman–Crippen LogP) is 2.45. The highest BCUT2D eigenvalue weighted by atomic mass is 16.5. The Hall–Kier alpha value is -2.23. The van der Waals surface area contributed by atoms with Crippen LogP contribution in [0.4, 0.5) is 5.69 Å². The molecule has 2 aromatic rings. The third kappa shape index (κ3) is 2.10. The first-order chi connectivity index (χ1) is 9.15. The van der Waals surface area contributed by atoms with Gasteiger partial charge >= 0.3 is 0 Å². The lowest BCUT2D eigenvalue weighted by molar-refractivity contribution is 0.0961. The highest BCUT2D eigenvalue weighted by Crippen LogP contribution is 2.33. The number of ether oxygens (including phenoxy) is 1. The van der Waals surface area contributed by atoms with E-state index in [9.17, 15) is 4.79 Å². The number of hydrogen-bond acceptors (Lipinski definition) is 2. The molecule has 1 aromatic carbocycles. The summed E-state index contributed by atoms with van der Waals surface area (Å²) in [6, 6.07) is 9.49. The second-order valence-corrected chi connectivity index (χ2v) is 4.88. The number of carbonyl (C=O) groups is 1. The van der Waals surface area contributed by atoms with Crippen molar-refractivity contribution in [2.45, 2.75) is 13.0 Å². The van der Waals surface area contributed by atoms with Crippen molar-refractivity contribution >= 4 is 11.6 Å². The van der Waals surface area contributed by atoms with Gasteiger partial charge in [-0.05, 0) is 25.1 Å². The lowest BCUT2D eigenvalue weighted by Gasteiger charge is -2.33. The van der Waals surface area contributed by atoms with Crippen LogP contribution in [0.3, 0.4) is 0 Å². The lowest BCUT2D eigenvalue weighted by Crippen LogP contribution is -2.42. The third-order valence-corrected chi connectivity index (χ3v) is 3.25. The number of carbonyl (C=O) groups excluding carboxylic acids is 1. The normalized spacial score (nSPS) is 17.8. The molecule has 0 fully saturated rings. The molecular formula is C15H16N2O2. The Kier molecular flexibility index (Phi) is 2.78. The van der Waals surface area contributed by atoms with E-state index in [4.69, 9.17) is 4.74 Å². The summed E-state index contributed by atoms with van der Waals surface area (Å²) in [5.41, 5.74) is 1.54. The fraction of sp³-hybridized carbons (Fsp3) is 0.267. The number of benzene rings is 1. The van der Waals surface area contributed by atoms with E-state index in [0.717, 1.165) is 11.4 Å². The second kappa shape index (κ2) is 4.46. The first-order valence-corrected chi connectivity index (χ1v) is 6.34. The van der Waals surface area contributed by atoms with E-state index in [2.05, 4.69) is 0 Å². The molecule has 1 unspecified atom stereocenters. The van der Waals surface area contributed by atoms with E-state index in [0.29, 0.717) is 12.1 Å².